The van der Waals surface area contributed by atoms with Crippen LogP contribution in [-0.4, -0.2) is 16.8 Å². The minimum absolute atomic E-state index is 0.194. The zero-order chi connectivity index (χ0) is 11.5. The molecule has 1 aromatic rings. The van der Waals surface area contributed by atoms with Crippen molar-refractivity contribution in [2.45, 2.75) is 38.6 Å². The van der Waals surface area contributed by atoms with Crippen LogP contribution in [0, 0.1) is 0 Å². The van der Waals surface area contributed by atoms with Gasteiger partial charge in [-0.1, -0.05) is 13.3 Å². The molecule has 3 nitrogen and oxygen atoms in total. The quantitative estimate of drug-likeness (QED) is 0.719. The van der Waals surface area contributed by atoms with Gasteiger partial charge in [-0.2, -0.15) is 0 Å². The van der Waals surface area contributed by atoms with Gasteiger partial charge in [-0.05, 0) is 37.4 Å². The van der Waals surface area contributed by atoms with Crippen LogP contribution in [0.5, 0.6) is 11.5 Å². The Bertz CT molecular complexity index is 370. The Hall–Kier alpha value is -1.22. The van der Waals surface area contributed by atoms with Crippen LogP contribution in [0.15, 0.2) is 12.1 Å². The highest BCUT2D eigenvalue weighted by Crippen LogP contribution is 2.34. The highest BCUT2D eigenvalue weighted by Gasteiger charge is 2.19. The predicted molar refractivity (Wildman–Crippen MR) is 63.7 cm³/mol. The molecule has 1 aliphatic rings. The highest BCUT2D eigenvalue weighted by atomic mass is 16.3. The van der Waals surface area contributed by atoms with E-state index < -0.39 is 0 Å². The molecule has 88 valence electrons. The molecular weight excluding hydrogens is 202 g/mol. The summed E-state index contributed by atoms with van der Waals surface area (Å²) >= 11 is 0. The lowest BCUT2D eigenvalue weighted by atomic mass is 9.94. The van der Waals surface area contributed by atoms with Gasteiger partial charge in [-0.15, -0.1) is 0 Å². The van der Waals surface area contributed by atoms with E-state index in [2.05, 4.69) is 5.32 Å². The number of aryl methyl sites for hydroxylation is 1. The standard InChI is InChI=1S/C13H19NO2/c1-2-9-7-10(13(16)8-12(9)15)11-5-3-4-6-14-11/h7-8,11,14-16H,2-6H2,1H3. The maximum atomic E-state index is 9.86. The molecule has 3 heteroatoms. The van der Waals surface area contributed by atoms with Gasteiger partial charge in [0.1, 0.15) is 11.5 Å². The summed E-state index contributed by atoms with van der Waals surface area (Å²) in [6.07, 6.45) is 4.24. The van der Waals surface area contributed by atoms with Gasteiger partial charge in [0.05, 0.1) is 0 Å². The van der Waals surface area contributed by atoms with Gasteiger partial charge >= 0.3 is 0 Å². The molecule has 0 saturated carbocycles. The van der Waals surface area contributed by atoms with Gasteiger partial charge in [0, 0.05) is 17.7 Å². The molecule has 0 bridgehead atoms. The summed E-state index contributed by atoms with van der Waals surface area (Å²) in [6.45, 7) is 3.01. The van der Waals surface area contributed by atoms with E-state index in [4.69, 9.17) is 0 Å². The molecule has 0 spiro atoms. The number of benzene rings is 1. The van der Waals surface area contributed by atoms with Crippen LogP contribution in [0.3, 0.4) is 0 Å². The van der Waals surface area contributed by atoms with E-state index in [0.717, 1.165) is 30.5 Å². The smallest absolute Gasteiger partial charge is 0.124 e. The molecule has 0 aromatic heterocycles. The molecule has 2 rings (SSSR count). The third-order valence-electron chi connectivity index (χ3n) is 3.29. The van der Waals surface area contributed by atoms with E-state index >= 15 is 0 Å². The van der Waals surface area contributed by atoms with E-state index in [9.17, 15) is 10.2 Å². The molecule has 1 aromatic carbocycles. The van der Waals surface area contributed by atoms with Crippen molar-refractivity contribution in [2.24, 2.45) is 0 Å². The zero-order valence-electron chi connectivity index (χ0n) is 9.66. The van der Waals surface area contributed by atoms with E-state index in [1.807, 2.05) is 13.0 Å². The Labute approximate surface area is 96.1 Å². The number of hydrogen-bond acceptors (Lipinski definition) is 3. The van der Waals surface area contributed by atoms with Gasteiger partial charge in [0.2, 0.25) is 0 Å². The fourth-order valence-corrected chi connectivity index (χ4v) is 2.32. The summed E-state index contributed by atoms with van der Waals surface area (Å²) in [5, 5.41) is 22.9. The minimum atomic E-state index is 0.194. The number of nitrogens with one attached hydrogen (secondary N) is 1. The number of rotatable bonds is 2. The van der Waals surface area contributed by atoms with Gasteiger partial charge < -0.3 is 15.5 Å². The summed E-state index contributed by atoms with van der Waals surface area (Å²) in [5.74, 6) is 0.397. The number of phenols is 2. The fraction of sp³-hybridized carbons (Fsp3) is 0.538. The van der Waals surface area contributed by atoms with Crippen LogP contribution in [-0.2, 0) is 6.42 Å². The fourth-order valence-electron chi connectivity index (χ4n) is 2.32. The second-order valence-electron chi connectivity index (χ2n) is 4.40. The second-order valence-corrected chi connectivity index (χ2v) is 4.40. The van der Waals surface area contributed by atoms with Gasteiger partial charge in [-0.25, -0.2) is 0 Å². The number of hydrogen-bond donors (Lipinski definition) is 3. The Morgan fingerprint density at radius 3 is 2.69 bits per heavy atom. The van der Waals surface area contributed by atoms with Crippen LogP contribution >= 0.6 is 0 Å². The highest BCUT2D eigenvalue weighted by molar-refractivity contribution is 5.46. The number of phenolic OH excluding ortho intramolecular Hbond substituents is 2. The maximum Gasteiger partial charge on any atom is 0.124 e. The summed E-state index contributed by atoms with van der Waals surface area (Å²) in [7, 11) is 0. The first kappa shape index (κ1) is 11.3. The molecule has 0 amide bonds. The topological polar surface area (TPSA) is 52.5 Å². The van der Waals surface area contributed by atoms with E-state index in [1.54, 1.807) is 0 Å². The average molecular weight is 221 g/mol. The summed E-state index contributed by atoms with van der Waals surface area (Å²) < 4.78 is 0. The summed E-state index contributed by atoms with van der Waals surface area (Å²) in [6, 6.07) is 3.62. The molecule has 16 heavy (non-hydrogen) atoms. The molecule has 1 heterocycles. The third kappa shape index (κ3) is 2.14. The van der Waals surface area contributed by atoms with Crippen molar-refractivity contribution in [3.63, 3.8) is 0 Å². The lowest BCUT2D eigenvalue weighted by Gasteiger charge is -2.25. The van der Waals surface area contributed by atoms with Crippen LogP contribution in [0.1, 0.15) is 43.4 Å². The zero-order valence-corrected chi connectivity index (χ0v) is 9.66. The minimum Gasteiger partial charge on any atom is -0.508 e. The molecule has 1 aliphatic heterocycles. The Kier molecular flexibility index (Phi) is 3.34. The van der Waals surface area contributed by atoms with Crippen molar-refractivity contribution < 1.29 is 10.2 Å². The molecule has 0 radical (unpaired) electrons. The van der Waals surface area contributed by atoms with Crippen molar-refractivity contribution in [1.82, 2.24) is 5.32 Å². The van der Waals surface area contributed by atoms with Crippen molar-refractivity contribution in [1.29, 1.82) is 0 Å². The molecular formula is C13H19NO2. The first-order chi connectivity index (χ1) is 7.72. The maximum absolute atomic E-state index is 9.86. The largest absolute Gasteiger partial charge is 0.508 e. The van der Waals surface area contributed by atoms with Crippen LogP contribution in [0.2, 0.25) is 0 Å². The van der Waals surface area contributed by atoms with Gasteiger partial charge in [0.15, 0.2) is 0 Å². The molecule has 1 saturated heterocycles. The van der Waals surface area contributed by atoms with Crippen molar-refractivity contribution >= 4 is 0 Å². The summed E-state index contributed by atoms with van der Waals surface area (Å²) in [4.78, 5) is 0. The van der Waals surface area contributed by atoms with Crippen LogP contribution in [0.4, 0.5) is 0 Å². The Morgan fingerprint density at radius 2 is 2.06 bits per heavy atom. The van der Waals surface area contributed by atoms with Gasteiger partial charge in [0.25, 0.3) is 0 Å². The first-order valence-electron chi connectivity index (χ1n) is 6.00. The van der Waals surface area contributed by atoms with Crippen LogP contribution in [0.25, 0.3) is 0 Å². The average Bonchev–Trinajstić information content (AvgIpc) is 2.30. The van der Waals surface area contributed by atoms with E-state index in [1.165, 1.54) is 18.9 Å². The normalized spacial score (nSPS) is 20.9. The lowest BCUT2D eigenvalue weighted by molar-refractivity contribution is 0.387. The molecule has 1 unspecified atom stereocenters. The molecule has 1 fully saturated rings. The first-order valence-corrected chi connectivity index (χ1v) is 6.00. The number of piperidine rings is 1. The molecule has 3 N–H and O–H groups in total. The van der Waals surface area contributed by atoms with Gasteiger partial charge in [-0.3, -0.25) is 0 Å². The van der Waals surface area contributed by atoms with Crippen molar-refractivity contribution in [3.05, 3.63) is 23.3 Å². The van der Waals surface area contributed by atoms with E-state index in [0.29, 0.717) is 0 Å². The number of aromatic hydroxyl groups is 2. The van der Waals surface area contributed by atoms with Crippen molar-refractivity contribution in [3.8, 4) is 11.5 Å². The van der Waals surface area contributed by atoms with Crippen LogP contribution < -0.4 is 5.32 Å². The third-order valence-corrected chi connectivity index (χ3v) is 3.29. The van der Waals surface area contributed by atoms with Crippen molar-refractivity contribution in [2.75, 3.05) is 6.54 Å². The Morgan fingerprint density at radius 1 is 1.25 bits per heavy atom. The second kappa shape index (κ2) is 4.74. The monoisotopic (exact) mass is 221 g/mol. The lowest BCUT2D eigenvalue weighted by Crippen LogP contribution is -2.26. The summed E-state index contributed by atoms with van der Waals surface area (Å²) in [5.41, 5.74) is 1.83. The predicted octanol–water partition coefficient (Wildman–Crippen LogP) is 2.47. The molecule has 1 atom stereocenters. The van der Waals surface area contributed by atoms with E-state index in [-0.39, 0.29) is 17.5 Å². The molecule has 0 aliphatic carbocycles. The SMILES string of the molecule is CCc1cc(C2CCCCN2)c(O)cc1O. The Balaban J connectivity index is 2.31.